The van der Waals surface area contributed by atoms with E-state index in [1.165, 1.54) is 55.6 Å². The normalized spacial score (nSPS) is 16.9. The molecule has 1 heterocycles. The van der Waals surface area contributed by atoms with E-state index in [4.69, 9.17) is 4.74 Å². The van der Waals surface area contributed by atoms with Gasteiger partial charge in [0.1, 0.15) is 11.9 Å². The van der Waals surface area contributed by atoms with Gasteiger partial charge in [0.15, 0.2) is 9.84 Å². The molecule has 1 aliphatic heterocycles. The smallest absolute Gasteiger partial charge is 0.244 e. The van der Waals surface area contributed by atoms with Crippen molar-refractivity contribution in [2.45, 2.75) is 33.5 Å². The van der Waals surface area contributed by atoms with Gasteiger partial charge in [-0.2, -0.15) is 8.61 Å². The number of hydrogen-bond acceptors (Lipinski definition) is 7. The fraction of sp³-hybridized carbons (Fsp3) is 0.200. The molecule has 0 saturated carbocycles. The van der Waals surface area contributed by atoms with Crippen LogP contribution in [0.1, 0.15) is 22.9 Å². The minimum absolute atomic E-state index is 0.0297. The van der Waals surface area contributed by atoms with E-state index in [2.05, 4.69) is 0 Å². The van der Waals surface area contributed by atoms with Crippen molar-refractivity contribution in [3.8, 4) is 5.75 Å². The molecule has 0 N–H and O–H groups in total. The van der Waals surface area contributed by atoms with Crippen molar-refractivity contribution in [2.75, 3.05) is 20.2 Å². The highest BCUT2D eigenvalue weighted by molar-refractivity contribution is 7.90. The summed E-state index contributed by atoms with van der Waals surface area (Å²) in [5.74, 6) is -0.161. The Labute approximate surface area is 247 Å². The highest BCUT2D eigenvalue weighted by Crippen LogP contribution is 2.40. The number of sulfonamides is 2. The summed E-state index contributed by atoms with van der Waals surface area (Å²) in [4.78, 5) is 0.221. The van der Waals surface area contributed by atoms with Crippen LogP contribution >= 0.6 is 0 Å². The summed E-state index contributed by atoms with van der Waals surface area (Å²) in [6.07, 6.45) is -1.24. The molecule has 4 aromatic carbocycles. The topological polar surface area (TPSA) is 118 Å². The molecular weight excluding hydrogens is 597 g/mol. The molecule has 4 aromatic rings. The van der Waals surface area contributed by atoms with E-state index in [0.29, 0.717) is 11.1 Å². The molecule has 1 saturated heterocycles. The molecule has 0 amide bonds. The second kappa shape index (κ2) is 11.6. The molecule has 1 unspecified atom stereocenters. The fourth-order valence-electron chi connectivity index (χ4n) is 4.95. The van der Waals surface area contributed by atoms with Gasteiger partial charge in [0.05, 0.1) is 27.5 Å². The zero-order valence-electron chi connectivity index (χ0n) is 23.0. The van der Waals surface area contributed by atoms with Crippen LogP contribution in [0.3, 0.4) is 0 Å². The van der Waals surface area contributed by atoms with Gasteiger partial charge in [-0.3, -0.25) is 0 Å². The summed E-state index contributed by atoms with van der Waals surface area (Å²) < 4.78 is 89.5. The monoisotopic (exact) mass is 626 g/mol. The van der Waals surface area contributed by atoms with Crippen molar-refractivity contribution in [3.05, 3.63) is 120 Å². The molecule has 12 heteroatoms. The van der Waals surface area contributed by atoms with Gasteiger partial charge in [0.25, 0.3) is 0 Å². The van der Waals surface area contributed by atoms with Gasteiger partial charge >= 0.3 is 0 Å². The third-order valence-corrected chi connectivity index (χ3v) is 12.5. The van der Waals surface area contributed by atoms with Gasteiger partial charge in [-0.1, -0.05) is 66.2 Å². The summed E-state index contributed by atoms with van der Waals surface area (Å²) >= 11 is 0. The average molecular weight is 627 g/mol. The lowest BCUT2D eigenvalue weighted by Crippen LogP contribution is -2.38. The van der Waals surface area contributed by atoms with Gasteiger partial charge in [-0.15, -0.1) is 0 Å². The van der Waals surface area contributed by atoms with E-state index in [9.17, 15) is 25.3 Å². The first-order valence-corrected chi connectivity index (χ1v) is 17.6. The number of benzene rings is 4. The van der Waals surface area contributed by atoms with E-state index in [0.717, 1.165) is 14.2 Å². The zero-order chi connectivity index (χ0) is 30.1. The molecule has 9 nitrogen and oxygen atoms in total. The summed E-state index contributed by atoms with van der Waals surface area (Å²) in [6.45, 7) is 1.67. The van der Waals surface area contributed by atoms with Crippen LogP contribution in [0, 0.1) is 6.92 Å². The number of aryl methyl sites for hydroxylation is 1. The lowest BCUT2D eigenvalue weighted by atomic mass is 10.1. The highest BCUT2D eigenvalue weighted by Gasteiger charge is 2.46. The van der Waals surface area contributed by atoms with Crippen LogP contribution < -0.4 is 4.74 Å². The van der Waals surface area contributed by atoms with Gasteiger partial charge < -0.3 is 4.74 Å². The Morgan fingerprint density at radius 2 is 1.17 bits per heavy atom. The molecule has 1 aliphatic rings. The number of methoxy groups -OCH3 is 1. The molecular formula is C30H30N2O7S3. The first kappa shape index (κ1) is 29.9. The van der Waals surface area contributed by atoms with Crippen LogP contribution in [0.5, 0.6) is 5.75 Å². The molecule has 0 bridgehead atoms. The molecule has 0 aliphatic carbocycles. The van der Waals surface area contributed by atoms with Crippen molar-refractivity contribution < 1.29 is 30.0 Å². The molecule has 0 spiro atoms. The summed E-state index contributed by atoms with van der Waals surface area (Å²) in [5.41, 5.74) is 1.56. The number of rotatable bonds is 9. The fourth-order valence-corrected chi connectivity index (χ4v) is 9.56. The average Bonchev–Trinajstić information content (AvgIpc) is 3.46. The van der Waals surface area contributed by atoms with Gasteiger partial charge in [0, 0.05) is 18.7 Å². The van der Waals surface area contributed by atoms with Gasteiger partial charge in [-0.25, -0.2) is 25.3 Å². The summed E-state index contributed by atoms with van der Waals surface area (Å²) in [5, 5.41) is 0. The first-order chi connectivity index (χ1) is 19.9. The Balaban J connectivity index is 1.60. The predicted molar refractivity (Wildman–Crippen MR) is 158 cm³/mol. The molecule has 42 heavy (non-hydrogen) atoms. The quantitative estimate of drug-likeness (QED) is 0.271. The van der Waals surface area contributed by atoms with Gasteiger partial charge in [0.2, 0.25) is 20.0 Å². The van der Waals surface area contributed by atoms with Crippen molar-refractivity contribution in [2.24, 2.45) is 0 Å². The number of sulfone groups is 1. The van der Waals surface area contributed by atoms with E-state index >= 15 is 0 Å². The SMILES string of the molecule is COc1cc(C2N(S(=O)(=O)c3ccccc3)CCN2S(=O)(=O)c2ccc(C)cc2)ccc1CS(=O)(=O)c1ccccc1. The summed E-state index contributed by atoms with van der Waals surface area (Å²) in [6, 6.07) is 26.8. The Bertz CT molecular complexity index is 1900. The highest BCUT2D eigenvalue weighted by atomic mass is 32.2. The van der Waals surface area contributed by atoms with Gasteiger partial charge in [-0.05, 0) is 55.0 Å². The number of hydrogen-bond donors (Lipinski definition) is 0. The molecule has 0 radical (unpaired) electrons. The maximum absolute atomic E-state index is 13.9. The zero-order valence-corrected chi connectivity index (χ0v) is 25.4. The largest absolute Gasteiger partial charge is 0.496 e. The lowest BCUT2D eigenvalue weighted by Gasteiger charge is -2.30. The predicted octanol–water partition coefficient (Wildman–Crippen LogP) is 4.37. The Morgan fingerprint density at radius 3 is 1.69 bits per heavy atom. The standard InChI is InChI=1S/C30H30N2O7S3/c1-23-13-17-28(18-14-23)42(37,38)32-20-19-31(41(35,36)27-11-7-4-8-12-27)30(32)24-15-16-25(29(21-24)39-2)22-40(33,34)26-9-5-3-6-10-26/h3-18,21,30H,19-20,22H2,1-2H3. The Kier molecular flexibility index (Phi) is 8.28. The van der Waals surface area contributed by atoms with Crippen LogP contribution in [-0.4, -0.2) is 54.1 Å². The molecule has 1 fully saturated rings. The summed E-state index contributed by atoms with van der Waals surface area (Å²) in [7, 11) is -10.6. The molecule has 5 rings (SSSR count). The van der Waals surface area contributed by atoms with Crippen LogP contribution in [0.4, 0.5) is 0 Å². The van der Waals surface area contributed by atoms with Crippen molar-refractivity contribution in [1.29, 1.82) is 0 Å². The maximum atomic E-state index is 13.9. The van der Waals surface area contributed by atoms with Crippen LogP contribution in [0.25, 0.3) is 0 Å². The maximum Gasteiger partial charge on any atom is 0.244 e. The second-order valence-corrected chi connectivity index (χ2v) is 15.6. The Morgan fingerprint density at radius 1 is 0.667 bits per heavy atom. The molecule has 0 aromatic heterocycles. The van der Waals surface area contributed by atoms with Crippen LogP contribution in [-0.2, 0) is 35.6 Å². The van der Waals surface area contributed by atoms with E-state index < -0.39 is 36.0 Å². The second-order valence-electron chi connectivity index (χ2n) is 9.87. The minimum Gasteiger partial charge on any atom is -0.496 e. The van der Waals surface area contributed by atoms with Crippen LogP contribution in [0.2, 0.25) is 0 Å². The first-order valence-electron chi connectivity index (χ1n) is 13.1. The van der Waals surface area contributed by atoms with Crippen molar-refractivity contribution in [1.82, 2.24) is 8.61 Å². The third-order valence-electron chi connectivity index (χ3n) is 7.12. The Hall–Kier alpha value is -3.55. The molecule has 1 atom stereocenters. The van der Waals surface area contributed by atoms with E-state index in [1.807, 2.05) is 6.92 Å². The lowest BCUT2D eigenvalue weighted by molar-refractivity contribution is 0.290. The third kappa shape index (κ3) is 5.72. The number of nitrogens with zero attached hydrogens (tertiary/aromatic N) is 2. The van der Waals surface area contributed by atoms with E-state index in [-0.39, 0.29) is 39.3 Å². The van der Waals surface area contributed by atoms with Crippen LogP contribution in [0.15, 0.2) is 118 Å². The number of ether oxygens (including phenoxy) is 1. The molecule has 220 valence electrons. The minimum atomic E-state index is -4.13. The van der Waals surface area contributed by atoms with Crippen molar-refractivity contribution >= 4 is 29.9 Å². The van der Waals surface area contributed by atoms with E-state index in [1.54, 1.807) is 54.6 Å². The van der Waals surface area contributed by atoms with Crippen molar-refractivity contribution in [3.63, 3.8) is 0 Å².